The molecule has 1 saturated heterocycles. The molecular formula is C10H15N7. The summed E-state index contributed by atoms with van der Waals surface area (Å²) in [6, 6.07) is 4.80. The van der Waals surface area contributed by atoms with E-state index in [1.54, 1.807) is 0 Å². The van der Waals surface area contributed by atoms with Crippen molar-refractivity contribution in [1.29, 1.82) is 0 Å². The maximum absolute atomic E-state index is 4.30. The third-order valence-electron chi connectivity index (χ3n) is 3.05. The number of fused-ring (bicyclic) bond motifs is 1. The second-order valence-corrected chi connectivity index (χ2v) is 4.47. The van der Waals surface area contributed by atoms with Gasteiger partial charge in [-0.2, -0.15) is 0 Å². The Bertz CT molecular complexity index is 508. The van der Waals surface area contributed by atoms with Crippen LogP contribution in [0.2, 0.25) is 0 Å². The number of nitrogens with zero attached hydrogens (tertiary/aromatic N) is 5. The summed E-state index contributed by atoms with van der Waals surface area (Å²) in [5.74, 6) is 0.823. The number of hydrogen-bond donors (Lipinski definition) is 2. The second kappa shape index (κ2) is 4.25. The molecule has 1 aliphatic heterocycles. The van der Waals surface area contributed by atoms with Crippen molar-refractivity contribution >= 4 is 11.5 Å². The highest BCUT2D eigenvalue weighted by Gasteiger charge is 2.18. The minimum Gasteiger partial charge on any atom is -0.366 e. The molecule has 0 radical (unpaired) electrons. The lowest BCUT2D eigenvalue weighted by atomic mass is 10.0. The Hall–Kier alpha value is -1.76. The zero-order valence-electron chi connectivity index (χ0n) is 9.67. The van der Waals surface area contributed by atoms with Gasteiger partial charge in [0.15, 0.2) is 5.65 Å². The summed E-state index contributed by atoms with van der Waals surface area (Å²) in [4.78, 5) is 0. The van der Waals surface area contributed by atoms with Crippen molar-refractivity contribution in [3.63, 3.8) is 0 Å². The predicted octanol–water partition coefficient (Wildman–Crippen LogP) is 0.0717. The van der Waals surface area contributed by atoms with Gasteiger partial charge in [0.1, 0.15) is 5.82 Å². The maximum atomic E-state index is 4.30. The zero-order valence-corrected chi connectivity index (χ0v) is 9.67. The molecular weight excluding hydrogens is 218 g/mol. The summed E-state index contributed by atoms with van der Waals surface area (Å²) in [7, 11) is 0. The molecule has 90 valence electrons. The van der Waals surface area contributed by atoms with Gasteiger partial charge in [0.05, 0.1) is 0 Å². The highest BCUT2D eigenvalue weighted by Crippen LogP contribution is 2.13. The summed E-state index contributed by atoms with van der Waals surface area (Å²) < 4.78 is 1.44. The lowest BCUT2D eigenvalue weighted by molar-refractivity contribution is 0.395. The van der Waals surface area contributed by atoms with E-state index < -0.39 is 0 Å². The molecule has 0 saturated carbocycles. The quantitative estimate of drug-likeness (QED) is 0.764. The van der Waals surface area contributed by atoms with E-state index in [-0.39, 0.29) is 0 Å². The van der Waals surface area contributed by atoms with Crippen molar-refractivity contribution in [3.8, 4) is 0 Å². The fourth-order valence-corrected chi connectivity index (χ4v) is 2.20. The van der Waals surface area contributed by atoms with E-state index in [1.807, 2.05) is 12.1 Å². The largest absolute Gasteiger partial charge is 0.366 e. The van der Waals surface area contributed by atoms with Gasteiger partial charge in [-0.05, 0) is 48.9 Å². The standard InChI is InChI=1S/C10H15N7/c1-7-6-8(4-5-11-7)12-9-2-3-10-13-15-16-17(10)14-9/h2-3,7-8,11H,4-6H2,1H3,(H,12,14). The molecule has 2 unspecified atom stereocenters. The normalized spacial score (nSPS) is 25.0. The molecule has 2 aromatic heterocycles. The van der Waals surface area contributed by atoms with Crippen molar-refractivity contribution in [3.05, 3.63) is 12.1 Å². The third-order valence-corrected chi connectivity index (χ3v) is 3.05. The fourth-order valence-electron chi connectivity index (χ4n) is 2.20. The monoisotopic (exact) mass is 233 g/mol. The van der Waals surface area contributed by atoms with Crippen LogP contribution in [0.5, 0.6) is 0 Å². The Morgan fingerprint density at radius 3 is 3.29 bits per heavy atom. The number of tetrazole rings is 1. The number of nitrogens with one attached hydrogen (secondary N) is 2. The molecule has 2 atom stereocenters. The first kappa shape index (κ1) is 10.4. The number of hydrogen-bond acceptors (Lipinski definition) is 6. The molecule has 7 heteroatoms. The highest BCUT2D eigenvalue weighted by atomic mass is 15.6. The minimum absolute atomic E-state index is 0.465. The van der Waals surface area contributed by atoms with Crippen LogP contribution in [0.15, 0.2) is 12.1 Å². The highest BCUT2D eigenvalue weighted by molar-refractivity contribution is 5.42. The number of piperidine rings is 1. The average molecular weight is 233 g/mol. The van der Waals surface area contributed by atoms with Crippen molar-refractivity contribution < 1.29 is 0 Å². The molecule has 3 rings (SSSR count). The van der Waals surface area contributed by atoms with Gasteiger partial charge in [0, 0.05) is 12.1 Å². The first-order valence-electron chi connectivity index (χ1n) is 5.86. The molecule has 2 aromatic rings. The van der Waals surface area contributed by atoms with Crippen LogP contribution in [0.25, 0.3) is 5.65 Å². The van der Waals surface area contributed by atoms with Crippen LogP contribution in [0.3, 0.4) is 0 Å². The van der Waals surface area contributed by atoms with Gasteiger partial charge < -0.3 is 10.6 Å². The Kier molecular flexibility index (Phi) is 2.60. The van der Waals surface area contributed by atoms with E-state index >= 15 is 0 Å². The molecule has 2 N–H and O–H groups in total. The number of aromatic nitrogens is 5. The van der Waals surface area contributed by atoms with Crippen LogP contribution in [0.1, 0.15) is 19.8 Å². The Labute approximate surface area is 98.6 Å². The van der Waals surface area contributed by atoms with Crippen LogP contribution in [0.4, 0.5) is 5.82 Å². The van der Waals surface area contributed by atoms with E-state index in [4.69, 9.17) is 0 Å². The van der Waals surface area contributed by atoms with Crippen molar-refractivity contribution in [2.45, 2.75) is 31.8 Å². The summed E-state index contributed by atoms with van der Waals surface area (Å²) in [5, 5.41) is 22.3. The Morgan fingerprint density at radius 1 is 1.47 bits per heavy atom. The Morgan fingerprint density at radius 2 is 2.41 bits per heavy atom. The zero-order chi connectivity index (χ0) is 11.7. The molecule has 3 heterocycles. The van der Waals surface area contributed by atoms with E-state index in [2.05, 4.69) is 38.2 Å². The predicted molar refractivity (Wildman–Crippen MR) is 62.7 cm³/mol. The average Bonchev–Trinajstić information content (AvgIpc) is 2.76. The molecule has 7 nitrogen and oxygen atoms in total. The lowest BCUT2D eigenvalue weighted by Crippen LogP contribution is -2.41. The smallest absolute Gasteiger partial charge is 0.200 e. The van der Waals surface area contributed by atoms with Crippen LogP contribution in [0, 0.1) is 0 Å². The van der Waals surface area contributed by atoms with Gasteiger partial charge in [-0.25, -0.2) is 0 Å². The topological polar surface area (TPSA) is 80.0 Å². The van der Waals surface area contributed by atoms with Gasteiger partial charge in [-0.1, -0.05) is 0 Å². The van der Waals surface area contributed by atoms with Crippen molar-refractivity contribution in [2.75, 3.05) is 11.9 Å². The molecule has 1 fully saturated rings. The fraction of sp³-hybridized carbons (Fsp3) is 0.600. The van der Waals surface area contributed by atoms with E-state index in [1.165, 1.54) is 4.63 Å². The van der Waals surface area contributed by atoms with Crippen LogP contribution < -0.4 is 10.6 Å². The molecule has 17 heavy (non-hydrogen) atoms. The van der Waals surface area contributed by atoms with E-state index in [0.29, 0.717) is 17.7 Å². The molecule has 0 aliphatic carbocycles. The van der Waals surface area contributed by atoms with Gasteiger partial charge in [-0.3, -0.25) is 0 Å². The molecule has 1 aliphatic rings. The lowest BCUT2D eigenvalue weighted by Gasteiger charge is -2.28. The minimum atomic E-state index is 0.465. The molecule has 0 bridgehead atoms. The van der Waals surface area contributed by atoms with E-state index in [9.17, 15) is 0 Å². The van der Waals surface area contributed by atoms with Gasteiger partial charge in [0.25, 0.3) is 0 Å². The SMILES string of the molecule is CC1CC(Nc2ccc3nnnn3n2)CCN1. The summed E-state index contributed by atoms with van der Waals surface area (Å²) in [6.07, 6.45) is 2.22. The second-order valence-electron chi connectivity index (χ2n) is 4.47. The van der Waals surface area contributed by atoms with Crippen molar-refractivity contribution in [1.82, 2.24) is 30.6 Å². The van der Waals surface area contributed by atoms with Gasteiger partial charge in [0.2, 0.25) is 0 Å². The van der Waals surface area contributed by atoms with Gasteiger partial charge >= 0.3 is 0 Å². The van der Waals surface area contributed by atoms with Crippen LogP contribution in [-0.2, 0) is 0 Å². The molecule has 0 aromatic carbocycles. The number of anilines is 1. The summed E-state index contributed by atoms with van der Waals surface area (Å²) in [6.45, 7) is 3.25. The molecule has 0 amide bonds. The van der Waals surface area contributed by atoms with Crippen LogP contribution in [-0.4, -0.2) is 43.9 Å². The maximum Gasteiger partial charge on any atom is 0.200 e. The van der Waals surface area contributed by atoms with E-state index in [0.717, 1.165) is 25.2 Å². The molecule has 0 spiro atoms. The van der Waals surface area contributed by atoms with Crippen molar-refractivity contribution in [2.24, 2.45) is 0 Å². The summed E-state index contributed by atoms with van der Waals surface area (Å²) >= 11 is 0. The third kappa shape index (κ3) is 2.19. The van der Waals surface area contributed by atoms with Gasteiger partial charge in [-0.15, -0.1) is 14.8 Å². The first-order chi connectivity index (χ1) is 8.31. The first-order valence-corrected chi connectivity index (χ1v) is 5.86. The number of rotatable bonds is 2. The van der Waals surface area contributed by atoms with Crippen LogP contribution >= 0.6 is 0 Å². The summed E-state index contributed by atoms with van der Waals surface area (Å²) in [5.41, 5.74) is 0.661. The Balaban J connectivity index is 1.75.